The molecule has 1 N–H and O–H groups in total. The van der Waals surface area contributed by atoms with Crippen LogP contribution in [-0.2, 0) is 16.1 Å². The molecule has 0 saturated carbocycles. The molecular weight excluding hydrogens is 402 g/mol. The fourth-order valence-corrected chi connectivity index (χ4v) is 3.08. The van der Waals surface area contributed by atoms with Gasteiger partial charge in [0.2, 0.25) is 0 Å². The number of nitro benzene ring substituents is 1. The first-order valence-electron chi connectivity index (χ1n) is 9.20. The topological polar surface area (TPSA) is 123 Å². The molecular formula is C22H15N3O6. The molecule has 0 spiro atoms. The third-order valence-corrected chi connectivity index (χ3v) is 4.65. The van der Waals surface area contributed by atoms with Crippen LogP contribution in [0.25, 0.3) is 17.4 Å². The van der Waals surface area contributed by atoms with Crippen LogP contribution in [0, 0.1) is 10.1 Å². The molecule has 0 bridgehead atoms. The summed E-state index contributed by atoms with van der Waals surface area (Å²) in [5, 5.41) is 12.9. The molecule has 0 unspecified atom stereocenters. The van der Waals surface area contributed by atoms with Gasteiger partial charge in [-0.1, -0.05) is 30.3 Å². The standard InChI is InChI=1S/C22H15N3O6/c26-20-18(21(27)24(22(28)23-20)13-14-4-2-1-3-5-14)12-17-10-11-19(31-17)15-6-8-16(9-7-15)25(29)30/h1-12H,13H2,(H,23,26,28)/b18-12+. The van der Waals surface area contributed by atoms with Crippen LogP contribution in [0.2, 0.25) is 0 Å². The first kappa shape index (κ1) is 19.8. The van der Waals surface area contributed by atoms with E-state index in [4.69, 9.17) is 4.42 Å². The average molecular weight is 417 g/mol. The number of hydrogen-bond donors (Lipinski definition) is 1. The predicted molar refractivity (Wildman–Crippen MR) is 109 cm³/mol. The molecule has 2 heterocycles. The number of hydrogen-bond acceptors (Lipinski definition) is 6. The van der Waals surface area contributed by atoms with E-state index in [0.29, 0.717) is 11.3 Å². The number of nitrogens with one attached hydrogen (secondary N) is 1. The molecule has 154 valence electrons. The van der Waals surface area contributed by atoms with Crippen LogP contribution in [0.4, 0.5) is 10.5 Å². The van der Waals surface area contributed by atoms with E-state index in [1.807, 2.05) is 6.07 Å². The van der Waals surface area contributed by atoms with Crippen molar-refractivity contribution in [1.29, 1.82) is 0 Å². The molecule has 9 heteroatoms. The third-order valence-electron chi connectivity index (χ3n) is 4.65. The van der Waals surface area contributed by atoms with Crippen LogP contribution < -0.4 is 5.32 Å². The minimum Gasteiger partial charge on any atom is -0.457 e. The number of non-ortho nitro benzene ring substituents is 1. The van der Waals surface area contributed by atoms with Crippen LogP contribution in [0.15, 0.2) is 76.7 Å². The summed E-state index contributed by atoms with van der Waals surface area (Å²) in [6, 6.07) is 17.1. The Morgan fingerprint density at radius 1 is 0.968 bits per heavy atom. The van der Waals surface area contributed by atoms with Crippen molar-refractivity contribution in [3.05, 3.63) is 93.7 Å². The van der Waals surface area contributed by atoms with E-state index in [0.717, 1.165) is 10.5 Å². The summed E-state index contributed by atoms with van der Waals surface area (Å²) in [4.78, 5) is 48.4. The van der Waals surface area contributed by atoms with E-state index >= 15 is 0 Å². The van der Waals surface area contributed by atoms with Gasteiger partial charge in [-0.25, -0.2) is 4.79 Å². The van der Waals surface area contributed by atoms with Gasteiger partial charge in [-0.15, -0.1) is 0 Å². The van der Waals surface area contributed by atoms with Crippen molar-refractivity contribution in [1.82, 2.24) is 10.2 Å². The molecule has 1 aliphatic rings. The van der Waals surface area contributed by atoms with Crippen molar-refractivity contribution >= 4 is 29.6 Å². The Morgan fingerprint density at radius 2 is 1.68 bits per heavy atom. The summed E-state index contributed by atoms with van der Waals surface area (Å²) >= 11 is 0. The summed E-state index contributed by atoms with van der Waals surface area (Å²) < 4.78 is 5.67. The number of furan rings is 1. The SMILES string of the molecule is O=C1NC(=O)N(Cc2ccccc2)C(=O)/C1=C/c1ccc(-c2ccc([N+](=O)[O-])cc2)o1. The van der Waals surface area contributed by atoms with Gasteiger partial charge in [0.1, 0.15) is 17.1 Å². The Hall–Kier alpha value is -4.53. The number of barbiturate groups is 1. The molecule has 31 heavy (non-hydrogen) atoms. The summed E-state index contributed by atoms with van der Waals surface area (Å²) in [6.45, 7) is 0.0162. The zero-order valence-electron chi connectivity index (χ0n) is 16.0. The van der Waals surface area contributed by atoms with Gasteiger partial charge in [0, 0.05) is 17.7 Å². The van der Waals surface area contributed by atoms with Crippen LogP contribution in [0.3, 0.4) is 0 Å². The lowest BCUT2D eigenvalue weighted by atomic mass is 10.1. The van der Waals surface area contributed by atoms with E-state index in [9.17, 15) is 24.5 Å². The fourth-order valence-electron chi connectivity index (χ4n) is 3.08. The quantitative estimate of drug-likeness (QED) is 0.293. The zero-order chi connectivity index (χ0) is 22.0. The minimum absolute atomic E-state index is 0.0162. The number of carbonyl (C=O) groups excluding carboxylic acids is 3. The Bertz CT molecular complexity index is 1210. The van der Waals surface area contributed by atoms with Gasteiger partial charge >= 0.3 is 6.03 Å². The number of rotatable bonds is 5. The van der Waals surface area contributed by atoms with Gasteiger partial charge in [0.15, 0.2) is 0 Å². The monoisotopic (exact) mass is 417 g/mol. The van der Waals surface area contributed by atoms with Crippen molar-refractivity contribution in [2.45, 2.75) is 6.54 Å². The van der Waals surface area contributed by atoms with Crippen LogP contribution in [0.1, 0.15) is 11.3 Å². The van der Waals surface area contributed by atoms with Crippen LogP contribution in [0.5, 0.6) is 0 Å². The van der Waals surface area contributed by atoms with Crippen LogP contribution >= 0.6 is 0 Å². The maximum atomic E-state index is 12.8. The molecule has 1 saturated heterocycles. The van der Waals surface area contributed by atoms with Gasteiger partial charge in [-0.3, -0.25) is 29.9 Å². The molecule has 1 aliphatic heterocycles. The summed E-state index contributed by atoms with van der Waals surface area (Å²) in [5.74, 6) is -0.915. The van der Waals surface area contributed by atoms with Gasteiger partial charge in [-0.05, 0) is 35.9 Å². The fraction of sp³-hybridized carbons (Fsp3) is 0.0455. The van der Waals surface area contributed by atoms with Crippen molar-refractivity contribution in [2.75, 3.05) is 0 Å². The highest BCUT2D eigenvalue weighted by Crippen LogP contribution is 2.26. The molecule has 3 aromatic rings. The number of benzene rings is 2. The van der Waals surface area contributed by atoms with Gasteiger partial charge in [0.25, 0.3) is 17.5 Å². The van der Waals surface area contributed by atoms with Crippen molar-refractivity contribution in [2.24, 2.45) is 0 Å². The van der Waals surface area contributed by atoms with E-state index in [1.54, 1.807) is 36.4 Å². The van der Waals surface area contributed by atoms with Gasteiger partial charge in [-0.2, -0.15) is 0 Å². The summed E-state index contributed by atoms with van der Waals surface area (Å²) in [5.41, 5.74) is 1.04. The molecule has 4 rings (SSSR count). The molecule has 0 aliphatic carbocycles. The molecule has 0 atom stereocenters. The van der Waals surface area contributed by atoms with E-state index in [-0.39, 0.29) is 23.6 Å². The summed E-state index contributed by atoms with van der Waals surface area (Å²) in [6.07, 6.45) is 1.26. The van der Waals surface area contributed by atoms with E-state index in [2.05, 4.69) is 5.32 Å². The summed E-state index contributed by atoms with van der Waals surface area (Å²) in [7, 11) is 0. The average Bonchev–Trinajstić information content (AvgIpc) is 3.24. The highest BCUT2D eigenvalue weighted by atomic mass is 16.6. The highest BCUT2D eigenvalue weighted by molar-refractivity contribution is 6.30. The smallest absolute Gasteiger partial charge is 0.331 e. The lowest BCUT2D eigenvalue weighted by Crippen LogP contribution is -2.53. The molecule has 1 fully saturated rings. The zero-order valence-corrected chi connectivity index (χ0v) is 16.0. The number of imide groups is 2. The Morgan fingerprint density at radius 3 is 2.35 bits per heavy atom. The second-order valence-electron chi connectivity index (χ2n) is 6.70. The molecule has 0 radical (unpaired) electrons. The molecule has 9 nitrogen and oxygen atoms in total. The number of urea groups is 1. The third kappa shape index (κ3) is 4.10. The van der Waals surface area contributed by atoms with Crippen molar-refractivity contribution in [3.8, 4) is 11.3 Å². The van der Waals surface area contributed by atoms with Gasteiger partial charge in [0.05, 0.1) is 11.5 Å². The number of nitro groups is 1. The van der Waals surface area contributed by atoms with Gasteiger partial charge < -0.3 is 4.42 Å². The molecule has 4 amide bonds. The molecule has 1 aromatic heterocycles. The van der Waals surface area contributed by atoms with Crippen LogP contribution in [-0.4, -0.2) is 27.7 Å². The van der Waals surface area contributed by atoms with E-state index < -0.39 is 22.8 Å². The maximum absolute atomic E-state index is 12.8. The van der Waals surface area contributed by atoms with Crippen molar-refractivity contribution < 1.29 is 23.7 Å². The van der Waals surface area contributed by atoms with E-state index in [1.165, 1.54) is 30.3 Å². The number of amides is 4. The maximum Gasteiger partial charge on any atom is 0.331 e. The second kappa shape index (κ2) is 8.07. The Kier molecular flexibility index (Phi) is 5.15. The normalized spacial score (nSPS) is 15.3. The highest BCUT2D eigenvalue weighted by Gasteiger charge is 2.35. The number of nitrogens with zero attached hydrogens (tertiary/aromatic N) is 2. The Balaban J connectivity index is 1.58. The largest absolute Gasteiger partial charge is 0.457 e. The second-order valence-corrected chi connectivity index (χ2v) is 6.70. The lowest BCUT2D eigenvalue weighted by molar-refractivity contribution is -0.384. The predicted octanol–water partition coefficient (Wildman–Crippen LogP) is 3.52. The molecule has 2 aromatic carbocycles. The Labute approximate surface area is 175 Å². The lowest BCUT2D eigenvalue weighted by Gasteiger charge is -2.26. The minimum atomic E-state index is -0.812. The first-order chi connectivity index (χ1) is 14.9. The number of carbonyl (C=O) groups is 3. The van der Waals surface area contributed by atoms with Crippen molar-refractivity contribution in [3.63, 3.8) is 0 Å². The first-order valence-corrected chi connectivity index (χ1v) is 9.20.